The zero-order chi connectivity index (χ0) is 13.0. The van der Waals surface area contributed by atoms with Crippen LogP contribution >= 0.6 is 11.6 Å². The van der Waals surface area contributed by atoms with E-state index in [2.05, 4.69) is 15.4 Å². The third kappa shape index (κ3) is 3.11. The molecular weight excluding hydrogens is 252 g/mol. The van der Waals surface area contributed by atoms with Gasteiger partial charge in [-0.2, -0.15) is 9.61 Å². The van der Waals surface area contributed by atoms with Gasteiger partial charge in [0.05, 0.1) is 12.0 Å². The number of methoxy groups -OCH3 is 1. The summed E-state index contributed by atoms with van der Waals surface area (Å²) in [6.07, 6.45) is 2.38. The zero-order valence-electron chi connectivity index (χ0n) is 10.6. The van der Waals surface area contributed by atoms with Crippen LogP contribution in [-0.4, -0.2) is 40.2 Å². The van der Waals surface area contributed by atoms with Crippen molar-refractivity contribution in [1.29, 1.82) is 0 Å². The number of hydrogen-bond donors (Lipinski definition) is 1. The third-order valence-electron chi connectivity index (χ3n) is 2.63. The monoisotopic (exact) mass is 268 g/mol. The maximum Gasteiger partial charge on any atom is 0.157 e. The Labute approximate surface area is 111 Å². The Kier molecular flexibility index (Phi) is 4.38. The number of nitrogens with one attached hydrogen (secondary N) is 1. The van der Waals surface area contributed by atoms with Crippen molar-refractivity contribution in [1.82, 2.24) is 14.6 Å². The largest absolute Gasteiger partial charge is 0.383 e. The van der Waals surface area contributed by atoms with Crippen LogP contribution in [0.1, 0.15) is 12.0 Å². The lowest BCUT2D eigenvalue weighted by atomic mass is 10.2. The Morgan fingerprint density at radius 1 is 1.50 bits per heavy atom. The topological polar surface area (TPSA) is 51.5 Å². The predicted molar refractivity (Wildman–Crippen MR) is 72.3 cm³/mol. The van der Waals surface area contributed by atoms with Crippen molar-refractivity contribution in [2.24, 2.45) is 0 Å². The molecule has 0 amide bonds. The lowest BCUT2D eigenvalue weighted by molar-refractivity contribution is 0.196. The SMILES string of the molecule is COCC(Cl)CCNc1cc(C)cc2ncnn12. The summed E-state index contributed by atoms with van der Waals surface area (Å²) >= 11 is 6.08. The Hall–Kier alpha value is -1.33. The van der Waals surface area contributed by atoms with Crippen molar-refractivity contribution in [3.63, 3.8) is 0 Å². The molecular formula is C12H17ClN4O. The molecule has 1 atom stereocenters. The maximum absolute atomic E-state index is 6.08. The lowest BCUT2D eigenvalue weighted by Crippen LogP contribution is -2.15. The number of fused-ring (bicyclic) bond motifs is 1. The molecule has 18 heavy (non-hydrogen) atoms. The summed E-state index contributed by atoms with van der Waals surface area (Å²) in [4.78, 5) is 4.18. The molecule has 0 bridgehead atoms. The van der Waals surface area contributed by atoms with Crippen LogP contribution in [0.2, 0.25) is 0 Å². The van der Waals surface area contributed by atoms with E-state index < -0.39 is 0 Å². The van der Waals surface area contributed by atoms with Crippen LogP contribution in [-0.2, 0) is 4.74 Å². The van der Waals surface area contributed by atoms with Crippen molar-refractivity contribution in [3.05, 3.63) is 24.0 Å². The van der Waals surface area contributed by atoms with Gasteiger partial charge in [-0.15, -0.1) is 11.6 Å². The Morgan fingerprint density at radius 3 is 3.11 bits per heavy atom. The van der Waals surface area contributed by atoms with Gasteiger partial charge in [-0.25, -0.2) is 4.98 Å². The smallest absolute Gasteiger partial charge is 0.157 e. The number of rotatable bonds is 6. The number of pyridine rings is 1. The van der Waals surface area contributed by atoms with Gasteiger partial charge in [0.2, 0.25) is 0 Å². The highest BCUT2D eigenvalue weighted by atomic mass is 35.5. The molecule has 0 radical (unpaired) electrons. The number of halogens is 1. The van der Waals surface area contributed by atoms with Crippen molar-refractivity contribution >= 4 is 23.1 Å². The molecule has 0 fully saturated rings. The van der Waals surface area contributed by atoms with Gasteiger partial charge in [0.15, 0.2) is 5.65 Å². The second-order valence-corrected chi connectivity index (χ2v) is 4.83. The molecule has 1 N–H and O–H groups in total. The van der Waals surface area contributed by atoms with Gasteiger partial charge >= 0.3 is 0 Å². The van der Waals surface area contributed by atoms with Gasteiger partial charge in [0.1, 0.15) is 12.1 Å². The van der Waals surface area contributed by atoms with E-state index in [9.17, 15) is 0 Å². The molecule has 1 unspecified atom stereocenters. The van der Waals surface area contributed by atoms with Crippen LogP contribution in [0.4, 0.5) is 5.82 Å². The predicted octanol–water partition coefficient (Wildman–Crippen LogP) is 2.09. The number of aryl methyl sites for hydroxylation is 1. The van der Waals surface area contributed by atoms with Gasteiger partial charge in [0, 0.05) is 13.7 Å². The van der Waals surface area contributed by atoms with Gasteiger partial charge in [-0.1, -0.05) is 0 Å². The van der Waals surface area contributed by atoms with E-state index in [1.54, 1.807) is 18.0 Å². The second kappa shape index (κ2) is 6.02. The van der Waals surface area contributed by atoms with Gasteiger partial charge in [0.25, 0.3) is 0 Å². The molecule has 0 aromatic carbocycles. The van der Waals surface area contributed by atoms with Crippen molar-refractivity contribution < 1.29 is 4.74 Å². The summed E-state index contributed by atoms with van der Waals surface area (Å²) in [7, 11) is 1.66. The first-order valence-corrected chi connectivity index (χ1v) is 6.31. The Balaban J connectivity index is 2.00. The van der Waals surface area contributed by atoms with Crippen molar-refractivity contribution in [2.75, 3.05) is 25.6 Å². The fraction of sp³-hybridized carbons (Fsp3) is 0.500. The fourth-order valence-electron chi connectivity index (χ4n) is 1.80. The molecule has 98 valence electrons. The molecule has 2 heterocycles. The normalized spacial score (nSPS) is 12.8. The Bertz CT molecular complexity index is 514. The summed E-state index contributed by atoms with van der Waals surface area (Å²) in [5, 5.41) is 7.53. The molecule has 2 rings (SSSR count). The molecule has 0 saturated heterocycles. The number of aromatic nitrogens is 3. The van der Waals surface area contributed by atoms with Gasteiger partial charge in [-0.3, -0.25) is 0 Å². The van der Waals surface area contributed by atoms with Crippen LogP contribution in [0.5, 0.6) is 0 Å². The summed E-state index contributed by atoms with van der Waals surface area (Å²) in [5.41, 5.74) is 1.99. The zero-order valence-corrected chi connectivity index (χ0v) is 11.3. The first-order chi connectivity index (χ1) is 8.70. The van der Waals surface area contributed by atoms with E-state index in [-0.39, 0.29) is 5.38 Å². The molecule has 0 spiro atoms. The number of hydrogen-bond acceptors (Lipinski definition) is 4. The molecule has 2 aromatic heterocycles. The van der Waals surface area contributed by atoms with Crippen LogP contribution in [0.3, 0.4) is 0 Å². The minimum Gasteiger partial charge on any atom is -0.383 e. The number of nitrogens with zero attached hydrogens (tertiary/aromatic N) is 3. The summed E-state index contributed by atoms with van der Waals surface area (Å²) in [5.74, 6) is 0.934. The summed E-state index contributed by atoms with van der Waals surface area (Å²) in [6.45, 7) is 3.38. The first kappa shape index (κ1) is 13.1. The summed E-state index contributed by atoms with van der Waals surface area (Å²) < 4.78 is 6.78. The molecule has 0 aliphatic rings. The first-order valence-electron chi connectivity index (χ1n) is 5.88. The van der Waals surface area contributed by atoms with Gasteiger partial charge in [-0.05, 0) is 31.0 Å². The molecule has 0 aliphatic heterocycles. The van der Waals surface area contributed by atoms with Crippen LogP contribution in [0, 0.1) is 6.92 Å². The fourth-order valence-corrected chi connectivity index (χ4v) is 2.04. The van der Waals surface area contributed by atoms with E-state index in [0.717, 1.165) is 30.0 Å². The van der Waals surface area contributed by atoms with Crippen molar-refractivity contribution in [3.8, 4) is 0 Å². The quantitative estimate of drug-likeness (QED) is 0.815. The van der Waals surface area contributed by atoms with E-state index in [0.29, 0.717) is 6.61 Å². The van der Waals surface area contributed by atoms with Crippen molar-refractivity contribution in [2.45, 2.75) is 18.7 Å². The average molecular weight is 269 g/mol. The molecule has 0 aliphatic carbocycles. The number of anilines is 1. The van der Waals surface area contributed by atoms with E-state index in [1.165, 1.54) is 0 Å². The summed E-state index contributed by atoms with van der Waals surface area (Å²) in [6, 6.07) is 4.04. The maximum atomic E-state index is 6.08. The number of ether oxygens (including phenoxy) is 1. The highest BCUT2D eigenvalue weighted by molar-refractivity contribution is 6.20. The van der Waals surface area contributed by atoms with E-state index in [1.807, 2.05) is 19.1 Å². The average Bonchev–Trinajstić information content (AvgIpc) is 2.77. The van der Waals surface area contributed by atoms with Crippen LogP contribution in [0.25, 0.3) is 5.65 Å². The number of alkyl halides is 1. The molecule has 0 saturated carbocycles. The Morgan fingerprint density at radius 2 is 2.33 bits per heavy atom. The highest BCUT2D eigenvalue weighted by Gasteiger charge is 2.06. The van der Waals surface area contributed by atoms with E-state index in [4.69, 9.17) is 16.3 Å². The molecule has 6 heteroatoms. The minimum absolute atomic E-state index is 0.0264. The van der Waals surface area contributed by atoms with Gasteiger partial charge < -0.3 is 10.1 Å². The minimum atomic E-state index is 0.0264. The third-order valence-corrected chi connectivity index (χ3v) is 2.98. The molecule has 5 nitrogen and oxygen atoms in total. The lowest BCUT2D eigenvalue weighted by Gasteiger charge is -2.11. The van der Waals surface area contributed by atoms with E-state index >= 15 is 0 Å². The second-order valence-electron chi connectivity index (χ2n) is 4.22. The van der Waals surface area contributed by atoms with Crippen LogP contribution in [0.15, 0.2) is 18.5 Å². The highest BCUT2D eigenvalue weighted by Crippen LogP contribution is 2.13. The van der Waals surface area contributed by atoms with Crippen LogP contribution < -0.4 is 5.32 Å². The molecule has 2 aromatic rings. The standard InChI is InChI=1S/C12H17ClN4O/c1-9-5-11(14-4-3-10(13)7-18-2)17-12(6-9)15-8-16-17/h5-6,8,10,14H,3-4,7H2,1-2H3.